The lowest BCUT2D eigenvalue weighted by atomic mass is 10.0. The van der Waals surface area contributed by atoms with Gasteiger partial charge in [-0.25, -0.2) is 4.79 Å². The molecule has 2 saturated heterocycles. The number of carboxylic acids is 1. The van der Waals surface area contributed by atoms with E-state index >= 15 is 0 Å². The molecule has 2 fully saturated rings. The summed E-state index contributed by atoms with van der Waals surface area (Å²) < 4.78 is 34.4. The Balaban J connectivity index is 1.94. The van der Waals surface area contributed by atoms with Gasteiger partial charge in [-0.15, -0.1) is 0 Å². The summed E-state index contributed by atoms with van der Waals surface area (Å²) >= 11 is 0. The minimum absolute atomic E-state index is 0.0175. The van der Waals surface area contributed by atoms with Crippen LogP contribution in [0.25, 0.3) is 0 Å². The van der Waals surface area contributed by atoms with Crippen molar-refractivity contribution in [3.63, 3.8) is 0 Å². The van der Waals surface area contributed by atoms with Gasteiger partial charge in [0, 0.05) is 32.2 Å². The summed E-state index contributed by atoms with van der Waals surface area (Å²) in [5, 5.41) is 31.3. The maximum atomic E-state index is 12.8. The van der Waals surface area contributed by atoms with E-state index in [1.165, 1.54) is 0 Å². The van der Waals surface area contributed by atoms with E-state index < -0.39 is 85.2 Å². The van der Waals surface area contributed by atoms with Gasteiger partial charge in [-0.2, -0.15) is 0 Å². The second-order valence-corrected chi connectivity index (χ2v) is 11.4. The summed E-state index contributed by atoms with van der Waals surface area (Å²) in [7, 11) is 0. The van der Waals surface area contributed by atoms with Crippen LogP contribution < -0.4 is 11.1 Å². The number of esters is 2. The summed E-state index contributed by atoms with van der Waals surface area (Å²) in [5.74, 6) is -2.81. The van der Waals surface area contributed by atoms with E-state index in [-0.39, 0.29) is 44.8 Å². The molecule has 15 heteroatoms. The first-order valence-corrected chi connectivity index (χ1v) is 14.8. The molecular weight excluding hydrogens is 572 g/mol. The van der Waals surface area contributed by atoms with Gasteiger partial charge in [-0.05, 0) is 47.0 Å². The second-order valence-electron chi connectivity index (χ2n) is 11.4. The van der Waals surface area contributed by atoms with Crippen molar-refractivity contribution in [2.45, 2.75) is 141 Å². The van der Waals surface area contributed by atoms with Crippen molar-refractivity contribution in [1.29, 1.82) is 0 Å². The van der Waals surface area contributed by atoms with E-state index in [4.69, 9.17) is 39.3 Å². The minimum atomic E-state index is -1.02. The highest BCUT2D eigenvalue weighted by molar-refractivity contribution is 5.75. The largest absolute Gasteiger partial charge is 0.481 e. The van der Waals surface area contributed by atoms with Crippen LogP contribution >= 0.6 is 0 Å². The number of amides is 2. The Kier molecular flexibility index (Phi) is 15.0. The molecule has 0 radical (unpaired) electrons. The first-order chi connectivity index (χ1) is 20.2. The van der Waals surface area contributed by atoms with Crippen LogP contribution in [0.2, 0.25) is 0 Å². The van der Waals surface area contributed by atoms with Gasteiger partial charge in [-0.3, -0.25) is 14.4 Å². The average Bonchev–Trinajstić information content (AvgIpc) is 2.91. The van der Waals surface area contributed by atoms with Crippen LogP contribution in [0.15, 0.2) is 0 Å². The first-order valence-electron chi connectivity index (χ1n) is 14.8. The molecule has 2 aliphatic heterocycles. The zero-order chi connectivity index (χ0) is 32.3. The van der Waals surface area contributed by atoms with Crippen LogP contribution in [-0.2, 0) is 42.8 Å². The van der Waals surface area contributed by atoms with Crippen molar-refractivity contribution in [2.24, 2.45) is 11.7 Å². The second kappa shape index (κ2) is 17.7. The predicted octanol–water partition coefficient (Wildman–Crippen LogP) is 0.951. The molecule has 2 amide bonds. The molecule has 0 aliphatic carbocycles. The van der Waals surface area contributed by atoms with Crippen LogP contribution in [0, 0.1) is 5.92 Å². The number of carbonyl (C=O) groups is 4. The Labute approximate surface area is 251 Å². The molecule has 0 aromatic rings. The van der Waals surface area contributed by atoms with Crippen molar-refractivity contribution in [2.75, 3.05) is 6.54 Å². The summed E-state index contributed by atoms with van der Waals surface area (Å²) in [6.07, 6.45) is -6.15. The fourth-order valence-electron chi connectivity index (χ4n) is 4.64. The number of rotatable bonds is 16. The SMILES string of the molecule is CC(CCCC(=O)O[C@@H]1C[C@@H](OC(=O)C(C)CNC(N)=O)[C@H](C)O[C@H]1OC(C)CCC(=O)O)O[C@@H]1O[C@@H](C)[C@H](O)C[C@H]1O. The van der Waals surface area contributed by atoms with Crippen molar-refractivity contribution in [3.8, 4) is 0 Å². The molecule has 2 heterocycles. The van der Waals surface area contributed by atoms with E-state index in [1.54, 1.807) is 34.6 Å². The number of nitrogens with two attached hydrogens (primary N) is 1. The Hall–Kier alpha value is -2.56. The van der Waals surface area contributed by atoms with Crippen molar-refractivity contribution in [1.82, 2.24) is 5.32 Å². The number of aliphatic hydroxyl groups is 2. The van der Waals surface area contributed by atoms with Crippen molar-refractivity contribution < 1.29 is 62.9 Å². The van der Waals surface area contributed by atoms with Gasteiger partial charge in [-0.1, -0.05) is 6.92 Å². The number of hydrogen-bond donors (Lipinski definition) is 5. The fourth-order valence-corrected chi connectivity index (χ4v) is 4.64. The number of aliphatic hydroxyl groups excluding tert-OH is 2. The van der Waals surface area contributed by atoms with Crippen LogP contribution in [0.4, 0.5) is 4.79 Å². The average molecular weight is 621 g/mol. The molecule has 3 unspecified atom stereocenters. The third-order valence-corrected chi connectivity index (χ3v) is 7.35. The van der Waals surface area contributed by atoms with Gasteiger partial charge in [0.05, 0.1) is 36.4 Å². The number of ether oxygens (including phenoxy) is 6. The summed E-state index contributed by atoms with van der Waals surface area (Å²) in [6.45, 7) is 8.39. The van der Waals surface area contributed by atoms with E-state index in [9.17, 15) is 29.4 Å². The molecule has 11 atom stereocenters. The van der Waals surface area contributed by atoms with Gasteiger partial charge >= 0.3 is 23.9 Å². The molecule has 2 aliphatic rings. The highest BCUT2D eigenvalue weighted by atomic mass is 16.7. The van der Waals surface area contributed by atoms with Crippen molar-refractivity contribution in [3.05, 3.63) is 0 Å². The number of carboxylic acid groups (broad SMARTS) is 1. The number of hydrogen-bond acceptors (Lipinski definition) is 12. The van der Waals surface area contributed by atoms with Gasteiger partial charge < -0.3 is 54.8 Å². The molecule has 6 N–H and O–H groups in total. The van der Waals surface area contributed by atoms with Gasteiger partial charge in [0.2, 0.25) is 0 Å². The molecule has 43 heavy (non-hydrogen) atoms. The molecule has 248 valence electrons. The lowest BCUT2D eigenvalue weighted by Gasteiger charge is -2.40. The predicted molar refractivity (Wildman–Crippen MR) is 148 cm³/mol. The van der Waals surface area contributed by atoms with Gasteiger partial charge in [0.1, 0.15) is 12.2 Å². The molecule has 0 saturated carbocycles. The molecule has 0 bridgehead atoms. The topological polar surface area (TPSA) is 222 Å². The number of nitrogens with one attached hydrogen (secondary N) is 1. The maximum Gasteiger partial charge on any atom is 0.312 e. The fraction of sp³-hybridized carbons (Fsp3) is 0.857. The molecule has 0 aromatic heterocycles. The summed E-state index contributed by atoms with van der Waals surface area (Å²) in [6, 6.07) is -0.770. The summed E-state index contributed by atoms with van der Waals surface area (Å²) in [5.41, 5.74) is 5.06. The number of urea groups is 1. The normalized spacial score (nSPS) is 31.3. The first kappa shape index (κ1) is 36.6. The quantitative estimate of drug-likeness (QED) is 0.152. The van der Waals surface area contributed by atoms with E-state index in [0.29, 0.717) is 12.8 Å². The molecule has 2 rings (SSSR count). The van der Waals surface area contributed by atoms with Crippen LogP contribution in [0.1, 0.15) is 79.6 Å². The van der Waals surface area contributed by atoms with Crippen LogP contribution in [0.3, 0.4) is 0 Å². The van der Waals surface area contributed by atoms with Crippen LogP contribution in [-0.4, -0.2) is 107 Å². The number of primary amides is 1. The highest BCUT2D eigenvalue weighted by Gasteiger charge is 2.42. The Morgan fingerprint density at radius 3 is 2.14 bits per heavy atom. The molecule has 0 aromatic carbocycles. The van der Waals surface area contributed by atoms with Gasteiger partial charge in [0.15, 0.2) is 18.7 Å². The lowest BCUT2D eigenvalue weighted by molar-refractivity contribution is -0.281. The van der Waals surface area contributed by atoms with E-state index in [0.717, 1.165) is 0 Å². The Morgan fingerprint density at radius 1 is 0.860 bits per heavy atom. The molecule has 15 nitrogen and oxygen atoms in total. The molecular formula is C28H48N2O13. The smallest absolute Gasteiger partial charge is 0.312 e. The van der Waals surface area contributed by atoms with Crippen LogP contribution in [0.5, 0.6) is 0 Å². The zero-order valence-corrected chi connectivity index (χ0v) is 25.5. The number of aliphatic carboxylic acids is 1. The van der Waals surface area contributed by atoms with E-state index in [1.807, 2.05) is 0 Å². The van der Waals surface area contributed by atoms with Gasteiger partial charge in [0.25, 0.3) is 0 Å². The third-order valence-electron chi connectivity index (χ3n) is 7.35. The Bertz CT molecular complexity index is 921. The van der Waals surface area contributed by atoms with Crippen molar-refractivity contribution >= 4 is 23.9 Å². The maximum absolute atomic E-state index is 12.8. The zero-order valence-electron chi connectivity index (χ0n) is 25.5. The monoisotopic (exact) mass is 620 g/mol. The summed E-state index contributed by atoms with van der Waals surface area (Å²) in [4.78, 5) is 47.4. The Morgan fingerprint density at radius 2 is 1.49 bits per heavy atom. The highest BCUT2D eigenvalue weighted by Crippen LogP contribution is 2.29. The lowest BCUT2D eigenvalue weighted by Crippen LogP contribution is -2.51. The van der Waals surface area contributed by atoms with E-state index in [2.05, 4.69) is 5.32 Å². The number of carbonyl (C=O) groups excluding carboxylic acids is 3. The minimum Gasteiger partial charge on any atom is -0.481 e. The third kappa shape index (κ3) is 12.9. The standard InChI is InChI=1S/C28H48N2O13/c1-14(13-30-28(29)37)25(36)43-21-12-22(27(41-18(21)5)39-16(3)9-10-23(33)34)42-24(35)8-6-7-15(2)38-26-20(32)11-19(31)17(4)40-26/h14-22,26-27,31-32H,6-13H2,1-5H3,(H,33,34)(H3,29,30,37)/t14?,15?,16?,17-,18-,19+,20+,21+,22+,26+,27+/m0/s1. The molecule has 0 spiro atoms.